The molecule has 0 radical (unpaired) electrons. The van der Waals surface area contributed by atoms with Crippen LogP contribution >= 0.6 is 11.3 Å². The highest BCUT2D eigenvalue weighted by Crippen LogP contribution is 2.23. The van der Waals surface area contributed by atoms with Crippen LogP contribution in [-0.4, -0.2) is 10.5 Å². The smallest absolute Gasteiger partial charge is 0.307 e. The Morgan fingerprint density at radius 2 is 2.14 bits per heavy atom. The normalized spacial score (nSPS) is 14.4. The lowest BCUT2D eigenvalue weighted by molar-refractivity contribution is -0.119. The molecule has 0 unspecified atom stereocenters. The summed E-state index contributed by atoms with van der Waals surface area (Å²) in [5.74, 6) is -0.531. The highest BCUT2D eigenvalue weighted by molar-refractivity contribution is 7.07. The number of rotatable bonds is 4. The van der Waals surface area contributed by atoms with Gasteiger partial charge in [0.1, 0.15) is 5.82 Å². The van der Waals surface area contributed by atoms with E-state index in [4.69, 9.17) is 0 Å². The highest BCUT2D eigenvalue weighted by Gasteiger charge is 2.20. The Bertz CT molecular complexity index is 770. The standard InChI is InChI=1S/C16H15FN2O2S/c17-13-5-6-14(18-15(20)11-3-1-2-4-11)12(9-13)10-19-7-8-22-16(19)21/h1-2,5-9,11H,3-4,10H2,(H,18,20). The quantitative estimate of drug-likeness (QED) is 0.881. The number of allylic oxidation sites excluding steroid dienone is 2. The molecule has 1 N–H and O–H groups in total. The van der Waals surface area contributed by atoms with E-state index in [0.29, 0.717) is 11.3 Å². The maximum atomic E-state index is 13.5. The summed E-state index contributed by atoms with van der Waals surface area (Å²) in [5, 5.41) is 4.54. The second-order valence-corrected chi connectivity index (χ2v) is 6.08. The van der Waals surface area contributed by atoms with Crippen molar-refractivity contribution in [1.29, 1.82) is 0 Å². The average Bonchev–Trinajstić information content (AvgIpc) is 3.14. The molecule has 0 saturated carbocycles. The third-order valence-corrected chi connectivity index (χ3v) is 4.38. The molecule has 22 heavy (non-hydrogen) atoms. The van der Waals surface area contributed by atoms with Crippen molar-refractivity contribution in [2.45, 2.75) is 19.4 Å². The molecular formula is C16H15FN2O2S. The van der Waals surface area contributed by atoms with Crippen molar-refractivity contribution in [3.63, 3.8) is 0 Å². The predicted molar refractivity (Wildman–Crippen MR) is 84.6 cm³/mol. The third kappa shape index (κ3) is 3.17. The summed E-state index contributed by atoms with van der Waals surface area (Å²) in [7, 11) is 0. The van der Waals surface area contributed by atoms with Crippen LogP contribution < -0.4 is 10.2 Å². The van der Waals surface area contributed by atoms with E-state index in [9.17, 15) is 14.0 Å². The van der Waals surface area contributed by atoms with E-state index in [-0.39, 0.29) is 29.1 Å². The molecule has 0 atom stereocenters. The number of carbonyl (C=O) groups excluding carboxylic acids is 1. The number of benzene rings is 1. The van der Waals surface area contributed by atoms with Gasteiger partial charge in [0.25, 0.3) is 0 Å². The van der Waals surface area contributed by atoms with E-state index in [2.05, 4.69) is 5.32 Å². The molecule has 0 spiro atoms. The van der Waals surface area contributed by atoms with Crippen molar-refractivity contribution in [3.8, 4) is 0 Å². The maximum absolute atomic E-state index is 13.5. The zero-order valence-electron chi connectivity index (χ0n) is 11.8. The van der Waals surface area contributed by atoms with E-state index in [1.165, 1.54) is 16.7 Å². The number of nitrogens with zero attached hydrogens (tertiary/aromatic N) is 1. The molecule has 114 valence electrons. The molecule has 2 aromatic rings. The maximum Gasteiger partial charge on any atom is 0.307 e. The largest absolute Gasteiger partial charge is 0.326 e. The zero-order valence-corrected chi connectivity index (χ0v) is 12.6. The molecule has 0 saturated heterocycles. The molecule has 0 bridgehead atoms. The fourth-order valence-corrected chi connectivity index (χ4v) is 3.06. The molecule has 4 nitrogen and oxygen atoms in total. The SMILES string of the molecule is O=C(Nc1ccc(F)cc1Cn1ccsc1=O)C1CC=CC1. The molecule has 6 heteroatoms. The molecule has 1 aromatic carbocycles. The minimum Gasteiger partial charge on any atom is -0.326 e. The van der Waals surface area contributed by atoms with Crippen LogP contribution in [0.1, 0.15) is 18.4 Å². The fourth-order valence-electron chi connectivity index (χ4n) is 2.47. The summed E-state index contributed by atoms with van der Waals surface area (Å²) >= 11 is 1.09. The lowest BCUT2D eigenvalue weighted by atomic mass is 10.1. The minimum absolute atomic E-state index is 0.0678. The van der Waals surface area contributed by atoms with Gasteiger partial charge >= 0.3 is 4.87 Å². The Kier molecular flexibility index (Phi) is 4.20. The van der Waals surface area contributed by atoms with E-state index >= 15 is 0 Å². The van der Waals surface area contributed by atoms with Crippen molar-refractivity contribution in [2.24, 2.45) is 5.92 Å². The molecule has 1 aliphatic rings. The van der Waals surface area contributed by atoms with Crippen molar-refractivity contribution in [1.82, 2.24) is 4.57 Å². The Morgan fingerprint density at radius 1 is 1.36 bits per heavy atom. The van der Waals surface area contributed by atoms with E-state index in [1.54, 1.807) is 17.6 Å². The van der Waals surface area contributed by atoms with Gasteiger partial charge in [-0.25, -0.2) is 4.39 Å². The van der Waals surface area contributed by atoms with Crippen molar-refractivity contribution in [3.05, 3.63) is 63.0 Å². The lowest BCUT2D eigenvalue weighted by Crippen LogP contribution is -2.22. The zero-order chi connectivity index (χ0) is 15.5. The van der Waals surface area contributed by atoms with Gasteiger partial charge < -0.3 is 9.88 Å². The number of aromatic nitrogens is 1. The van der Waals surface area contributed by atoms with Crippen LogP contribution in [0.3, 0.4) is 0 Å². The van der Waals surface area contributed by atoms with Crippen molar-refractivity contribution in [2.75, 3.05) is 5.32 Å². The molecule has 1 aromatic heterocycles. The predicted octanol–water partition coefficient (Wildman–Crippen LogP) is 3.00. The minimum atomic E-state index is -0.390. The summed E-state index contributed by atoms with van der Waals surface area (Å²) in [6.07, 6.45) is 7.09. The van der Waals surface area contributed by atoms with Crippen LogP contribution in [0.15, 0.2) is 46.7 Å². The Labute approximate surface area is 130 Å². The molecule has 1 aliphatic carbocycles. The first kappa shape index (κ1) is 14.7. The summed E-state index contributed by atoms with van der Waals surface area (Å²) < 4.78 is 15.0. The number of amides is 1. The van der Waals surface area contributed by atoms with Crippen LogP contribution in [0, 0.1) is 11.7 Å². The first-order chi connectivity index (χ1) is 10.6. The molecule has 0 fully saturated rings. The number of nitrogens with one attached hydrogen (secondary N) is 1. The van der Waals surface area contributed by atoms with Gasteiger partial charge in [0.05, 0.1) is 6.54 Å². The first-order valence-electron chi connectivity index (χ1n) is 7.02. The topological polar surface area (TPSA) is 51.1 Å². The molecule has 1 amide bonds. The van der Waals surface area contributed by atoms with Gasteiger partial charge in [-0.1, -0.05) is 23.5 Å². The number of thiazole rings is 1. The van der Waals surface area contributed by atoms with Gasteiger partial charge in [0.15, 0.2) is 0 Å². The molecule has 1 heterocycles. The van der Waals surface area contributed by atoms with Crippen LogP contribution in [0.25, 0.3) is 0 Å². The molecule has 0 aliphatic heterocycles. The van der Waals surface area contributed by atoms with Gasteiger partial charge in [0.2, 0.25) is 5.91 Å². The first-order valence-corrected chi connectivity index (χ1v) is 7.89. The summed E-state index contributed by atoms with van der Waals surface area (Å²) in [6, 6.07) is 4.21. The number of hydrogen-bond donors (Lipinski definition) is 1. The average molecular weight is 318 g/mol. The lowest BCUT2D eigenvalue weighted by Gasteiger charge is -2.14. The van der Waals surface area contributed by atoms with Gasteiger partial charge in [-0.05, 0) is 36.6 Å². The monoisotopic (exact) mass is 318 g/mol. The van der Waals surface area contributed by atoms with Gasteiger partial charge in [-0.2, -0.15) is 0 Å². The second-order valence-electron chi connectivity index (χ2n) is 5.23. The fraction of sp³-hybridized carbons (Fsp3) is 0.250. The molecule has 3 rings (SSSR count). The number of carbonyl (C=O) groups is 1. The van der Waals surface area contributed by atoms with Crippen LogP contribution in [0.2, 0.25) is 0 Å². The van der Waals surface area contributed by atoms with Crippen molar-refractivity contribution < 1.29 is 9.18 Å². The molecular weight excluding hydrogens is 303 g/mol. The van der Waals surface area contributed by atoms with Gasteiger partial charge in [0, 0.05) is 23.2 Å². The van der Waals surface area contributed by atoms with E-state index < -0.39 is 0 Å². The van der Waals surface area contributed by atoms with Crippen molar-refractivity contribution >= 4 is 22.9 Å². The van der Waals surface area contributed by atoms with Crippen LogP contribution in [0.4, 0.5) is 10.1 Å². The summed E-state index contributed by atoms with van der Waals surface area (Å²) in [4.78, 5) is 23.7. The number of anilines is 1. The number of hydrogen-bond acceptors (Lipinski definition) is 3. The Morgan fingerprint density at radius 3 is 2.82 bits per heavy atom. The highest BCUT2D eigenvalue weighted by atomic mass is 32.1. The van der Waals surface area contributed by atoms with Gasteiger partial charge in [-0.3, -0.25) is 9.59 Å². The van der Waals surface area contributed by atoms with E-state index in [1.807, 2.05) is 12.2 Å². The summed E-state index contributed by atoms with van der Waals surface area (Å²) in [6.45, 7) is 0.235. The third-order valence-electron chi connectivity index (χ3n) is 3.69. The van der Waals surface area contributed by atoms with Crippen LogP contribution in [-0.2, 0) is 11.3 Å². The Balaban J connectivity index is 1.82. The van der Waals surface area contributed by atoms with E-state index in [0.717, 1.165) is 24.2 Å². The second kappa shape index (κ2) is 6.27. The number of halogens is 1. The summed E-state index contributed by atoms with van der Waals surface area (Å²) in [5.41, 5.74) is 1.14. The Hall–Kier alpha value is -2.21. The van der Waals surface area contributed by atoms with Crippen LogP contribution in [0.5, 0.6) is 0 Å². The van der Waals surface area contributed by atoms with Gasteiger partial charge in [-0.15, -0.1) is 0 Å².